The Hall–Kier alpha value is -2.00. The average Bonchev–Trinajstić information content (AvgIpc) is 3.44. The van der Waals surface area contributed by atoms with Gasteiger partial charge in [0, 0.05) is 38.3 Å². The number of nitriles is 1. The van der Waals surface area contributed by atoms with Crippen LogP contribution in [0, 0.1) is 11.3 Å². The van der Waals surface area contributed by atoms with Gasteiger partial charge in [-0.25, -0.2) is 16.8 Å². The first-order chi connectivity index (χ1) is 15.7. The van der Waals surface area contributed by atoms with Crippen molar-refractivity contribution in [2.75, 3.05) is 44.2 Å². The fourth-order valence-corrected chi connectivity index (χ4v) is 8.48. The van der Waals surface area contributed by atoms with Crippen molar-refractivity contribution in [1.82, 2.24) is 14.1 Å². The Morgan fingerprint density at radius 3 is 2.33 bits per heavy atom. The monoisotopic (exact) mass is 494 g/mol. The first-order valence-electron chi connectivity index (χ1n) is 11.4. The van der Waals surface area contributed by atoms with Crippen LogP contribution < -0.4 is 0 Å². The molecule has 3 fully saturated rings. The predicted octanol–water partition coefficient (Wildman–Crippen LogP) is 0.823. The zero-order valence-corrected chi connectivity index (χ0v) is 20.2. The van der Waals surface area contributed by atoms with Crippen LogP contribution in [0.25, 0.3) is 0 Å². The zero-order valence-electron chi connectivity index (χ0n) is 18.6. The molecule has 2 saturated heterocycles. The van der Waals surface area contributed by atoms with E-state index in [0.717, 1.165) is 25.7 Å². The predicted molar refractivity (Wildman–Crippen MR) is 123 cm³/mol. The van der Waals surface area contributed by atoms with Crippen molar-refractivity contribution >= 4 is 25.8 Å². The maximum absolute atomic E-state index is 13.3. The molecule has 0 radical (unpaired) electrons. The summed E-state index contributed by atoms with van der Waals surface area (Å²) in [6.07, 6.45) is 4.41. The molecule has 11 heteroatoms. The SMILES string of the molecule is N#Cc1ccccc1S(=O)(=O)N1CCN(CC(=O)N(C2CCCC2)C2CCS(=O)(=O)C2)CC1. The number of sulfone groups is 1. The van der Waals surface area contributed by atoms with Gasteiger partial charge in [0.25, 0.3) is 0 Å². The fourth-order valence-electron chi connectivity index (χ4n) is 5.21. The smallest absolute Gasteiger partial charge is 0.244 e. The lowest BCUT2D eigenvalue weighted by Gasteiger charge is -2.38. The molecular weight excluding hydrogens is 464 g/mol. The summed E-state index contributed by atoms with van der Waals surface area (Å²) in [7, 11) is -6.89. The van der Waals surface area contributed by atoms with E-state index >= 15 is 0 Å². The normalized spacial score (nSPS) is 24.5. The number of benzene rings is 1. The van der Waals surface area contributed by atoms with Crippen molar-refractivity contribution in [2.24, 2.45) is 0 Å². The fraction of sp³-hybridized carbons (Fsp3) is 0.636. The Kier molecular flexibility index (Phi) is 7.09. The quantitative estimate of drug-likeness (QED) is 0.574. The lowest BCUT2D eigenvalue weighted by atomic mass is 10.1. The second-order valence-corrected chi connectivity index (χ2v) is 13.2. The maximum atomic E-state index is 13.3. The number of nitrogens with zero attached hydrogens (tertiary/aromatic N) is 4. The van der Waals surface area contributed by atoms with Crippen LogP contribution in [0.4, 0.5) is 0 Å². The van der Waals surface area contributed by atoms with Crippen LogP contribution in [0.2, 0.25) is 0 Å². The van der Waals surface area contributed by atoms with Crippen LogP contribution in [0.15, 0.2) is 29.2 Å². The lowest BCUT2D eigenvalue weighted by Crippen LogP contribution is -2.54. The van der Waals surface area contributed by atoms with Gasteiger partial charge in [-0.3, -0.25) is 9.69 Å². The van der Waals surface area contributed by atoms with Gasteiger partial charge in [0.1, 0.15) is 6.07 Å². The van der Waals surface area contributed by atoms with Crippen LogP contribution in [0.5, 0.6) is 0 Å². The molecule has 0 N–H and O–H groups in total. The van der Waals surface area contributed by atoms with Gasteiger partial charge in [-0.05, 0) is 31.4 Å². The van der Waals surface area contributed by atoms with Gasteiger partial charge in [0.05, 0.1) is 28.5 Å². The molecule has 9 nitrogen and oxygen atoms in total. The van der Waals surface area contributed by atoms with Crippen LogP contribution in [0.3, 0.4) is 0 Å². The third-order valence-electron chi connectivity index (χ3n) is 6.92. The van der Waals surface area contributed by atoms with E-state index in [9.17, 15) is 26.9 Å². The second-order valence-electron chi connectivity index (χ2n) is 9.08. The van der Waals surface area contributed by atoms with Gasteiger partial charge in [0.2, 0.25) is 15.9 Å². The molecule has 0 aromatic heterocycles. The molecule has 2 aliphatic heterocycles. The Labute approximate surface area is 195 Å². The van der Waals surface area contributed by atoms with Gasteiger partial charge in [-0.15, -0.1) is 0 Å². The third-order valence-corrected chi connectivity index (χ3v) is 10.6. The van der Waals surface area contributed by atoms with E-state index in [-0.39, 0.29) is 59.6 Å². The number of amides is 1. The van der Waals surface area contributed by atoms with Crippen molar-refractivity contribution in [1.29, 1.82) is 5.26 Å². The molecule has 1 atom stereocenters. The minimum Gasteiger partial charge on any atom is -0.335 e. The van der Waals surface area contributed by atoms with E-state index in [1.165, 1.54) is 16.4 Å². The molecule has 1 unspecified atom stereocenters. The number of sulfonamides is 1. The molecule has 3 aliphatic rings. The molecule has 1 aromatic rings. The second kappa shape index (κ2) is 9.70. The van der Waals surface area contributed by atoms with E-state index in [0.29, 0.717) is 19.5 Å². The van der Waals surface area contributed by atoms with Gasteiger partial charge in [0.15, 0.2) is 9.84 Å². The van der Waals surface area contributed by atoms with E-state index in [1.54, 1.807) is 12.1 Å². The van der Waals surface area contributed by atoms with E-state index in [1.807, 2.05) is 15.9 Å². The molecule has 1 amide bonds. The van der Waals surface area contributed by atoms with E-state index in [4.69, 9.17) is 0 Å². The van der Waals surface area contributed by atoms with Gasteiger partial charge >= 0.3 is 0 Å². The number of rotatable bonds is 6. The van der Waals surface area contributed by atoms with Crippen LogP contribution in [-0.2, 0) is 24.7 Å². The first kappa shape index (κ1) is 24.1. The van der Waals surface area contributed by atoms with Crippen LogP contribution >= 0.6 is 0 Å². The Bertz CT molecular complexity index is 1130. The molecule has 0 spiro atoms. The number of carbonyl (C=O) groups excluding carboxylic acids is 1. The molecule has 0 bridgehead atoms. The zero-order chi connectivity index (χ0) is 23.6. The lowest BCUT2D eigenvalue weighted by molar-refractivity contribution is -0.137. The molecule has 1 saturated carbocycles. The minimum absolute atomic E-state index is 0.00637. The van der Waals surface area contributed by atoms with Crippen LogP contribution in [0.1, 0.15) is 37.7 Å². The summed E-state index contributed by atoms with van der Waals surface area (Å²) in [6, 6.07) is 7.94. The topological polar surface area (TPSA) is 119 Å². The summed E-state index contributed by atoms with van der Waals surface area (Å²) < 4.78 is 51.5. The maximum Gasteiger partial charge on any atom is 0.244 e. The standard InChI is InChI=1S/C22H30N4O5S2/c23-15-18-5-1-4-8-21(18)33(30,31)25-12-10-24(11-13-25)16-22(27)26(19-6-2-3-7-19)20-9-14-32(28,29)17-20/h1,4-5,8,19-20H,2-3,6-7,9-14,16-17H2. The summed E-state index contributed by atoms with van der Waals surface area (Å²) in [5, 5.41) is 9.26. The molecule has 1 aliphatic carbocycles. The van der Waals surface area contributed by atoms with Crippen LogP contribution in [-0.4, -0.2) is 93.2 Å². The number of piperazine rings is 1. The Morgan fingerprint density at radius 1 is 1.06 bits per heavy atom. The highest BCUT2D eigenvalue weighted by Gasteiger charge is 2.40. The Morgan fingerprint density at radius 2 is 1.73 bits per heavy atom. The summed E-state index contributed by atoms with van der Waals surface area (Å²) in [6.45, 7) is 1.44. The molecule has 1 aromatic carbocycles. The summed E-state index contributed by atoms with van der Waals surface area (Å²) in [5.74, 6) is 0.115. The highest BCUT2D eigenvalue weighted by Crippen LogP contribution is 2.29. The summed E-state index contributed by atoms with van der Waals surface area (Å²) in [5.41, 5.74) is 0.119. The minimum atomic E-state index is -3.79. The van der Waals surface area contributed by atoms with Crippen molar-refractivity contribution in [2.45, 2.75) is 49.1 Å². The summed E-state index contributed by atoms with van der Waals surface area (Å²) in [4.78, 5) is 17.1. The highest BCUT2D eigenvalue weighted by molar-refractivity contribution is 7.91. The molecule has 4 rings (SSSR count). The molecule has 2 heterocycles. The van der Waals surface area contributed by atoms with Crippen molar-refractivity contribution in [3.8, 4) is 6.07 Å². The molecule has 33 heavy (non-hydrogen) atoms. The largest absolute Gasteiger partial charge is 0.335 e. The van der Waals surface area contributed by atoms with E-state index in [2.05, 4.69) is 0 Å². The van der Waals surface area contributed by atoms with Gasteiger partial charge < -0.3 is 4.90 Å². The van der Waals surface area contributed by atoms with Gasteiger partial charge in [-0.1, -0.05) is 25.0 Å². The highest BCUT2D eigenvalue weighted by atomic mass is 32.2. The average molecular weight is 495 g/mol. The summed E-state index contributed by atoms with van der Waals surface area (Å²) >= 11 is 0. The van der Waals surface area contributed by atoms with Gasteiger partial charge in [-0.2, -0.15) is 9.57 Å². The van der Waals surface area contributed by atoms with Crippen molar-refractivity contribution in [3.63, 3.8) is 0 Å². The first-order valence-corrected chi connectivity index (χ1v) is 14.7. The molecular formula is C22H30N4O5S2. The number of hydrogen-bond acceptors (Lipinski definition) is 7. The number of carbonyl (C=O) groups is 1. The third kappa shape index (κ3) is 5.24. The van der Waals surface area contributed by atoms with Crippen molar-refractivity contribution < 1.29 is 21.6 Å². The number of hydrogen-bond donors (Lipinski definition) is 0. The molecule has 180 valence electrons. The van der Waals surface area contributed by atoms with Crippen molar-refractivity contribution in [3.05, 3.63) is 29.8 Å². The van der Waals surface area contributed by atoms with E-state index < -0.39 is 19.9 Å². The Balaban J connectivity index is 1.40.